The van der Waals surface area contributed by atoms with Gasteiger partial charge in [0, 0.05) is 23.3 Å². The highest BCUT2D eigenvalue weighted by Gasteiger charge is 2.12. The van der Waals surface area contributed by atoms with Gasteiger partial charge in [0.2, 0.25) is 0 Å². The number of nitro groups is 1. The average molecular weight is 391 g/mol. The van der Waals surface area contributed by atoms with E-state index < -0.39 is 0 Å². The summed E-state index contributed by atoms with van der Waals surface area (Å²) in [5.74, 6) is 0. The summed E-state index contributed by atoms with van der Waals surface area (Å²) in [6.45, 7) is 0. The number of aromatic nitrogens is 1. The molecule has 0 unspecified atom stereocenters. The van der Waals surface area contributed by atoms with Crippen LogP contribution in [0.2, 0.25) is 0 Å². The summed E-state index contributed by atoms with van der Waals surface area (Å²) in [7, 11) is 0. The third-order valence-electron chi connectivity index (χ3n) is 3.06. The molecule has 0 saturated heterocycles. The van der Waals surface area contributed by atoms with Crippen LogP contribution in [0.3, 0.4) is 0 Å². The molecule has 2 aromatic carbocycles. The van der Waals surface area contributed by atoms with Crippen molar-refractivity contribution in [2.75, 3.05) is 5.32 Å². The highest BCUT2D eigenvalue weighted by molar-refractivity contribution is 14.1. The molecule has 0 aliphatic rings. The van der Waals surface area contributed by atoms with Crippen molar-refractivity contribution in [3.05, 3.63) is 68.4 Å². The Kier molecular flexibility index (Phi) is 3.70. The van der Waals surface area contributed by atoms with Crippen molar-refractivity contribution in [2.24, 2.45) is 0 Å². The number of hydrogen-bond donors (Lipinski definition) is 1. The summed E-state index contributed by atoms with van der Waals surface area (Å²) < 4.78 is 0.593. The maximum atomic E-state index is 10.8. The van der Waals surface area contributed by atoms with E-state index in [9.17, 15) is 10.1 Å². The van der Waals surface area contributed by atoms with Crippen molar-refractivity contribution in [3.63, 3.8) is 0 Å². The summed E-state index contributed by atoms with van der Waals surface area (Å²) >= 11 is 1.96. The Bertz CT molecular complexity index is 831. The van der Waals surface area contributed by atoms with E-state index in [1.165, 1.54) is 6.07 Å². The fourth-order valence-corrected chi connectivity index (χ4v) is 2.81. The summed E-state index contributed by atoms with van der Waals surface area (Å²) in [6, 6.07) is 14.7. The van der Waals surface area contributed by atoms with Crippen molar-refractivity contribution in [1.82, 2.24) is 4.98 Å². The van der Waals surface area contributed by atoms with Crippen LogP contribution < -0.4 is 5.32 Å². The number of nitrogens with one attached hydrogen (secondary N) is 1. The zero-order chi connectivity index (χ0) is 14.8. The first-order chi connectivity index (χ1) is 10.1. The van der Waals surface area contributed by atoms with Gasteiger partial charge in [-0.3, -0.25) is 15.1 Å². The number of anilines is 2. The fraction of sp³-hybridized carbons (Fsp3) is 0. The van der Waals surface area contributed by atoms with Crippen LogP contribution in [0.25, 0.3) is 10.9 Å². The van der Waals surface area contributed by atoms with Gasteiger partial charge in [0.05, 0.1) is 19.7 Å². The van der Waals surface area contributed by atoms with Crippen LogP contribution in [0.1, 0.15) is 0 Å². The van der Waals surface area contributed by atoms with E-state index in [1.807, 2.05) is 52.9 Å². The van der Waals surface area contributed by atoms with Gasteiger partial charge in [0.1, 0.15) is 0 Å². The van der Waals surface area contributed by atoms with E-state index in [-0.39, 0.29) is 10.6 Å². The first kappa shape index (κ1) is 13.7. The molecule has 3 rings (SSSR count). The molecule has 21 heavy (non-hydrogen) atoms. The van der Waals surface area contributed by atoms with Crippen molar-refractivity contribution in [1.29, 1.82) is 0 Å². The Morgan fingerprint density at radius 1 is 1.14 bits per heavy atom. The molecule has 3 aromatic rings. The Morgan fingerprint density at radius 2 is 1.95 bits per heavy atom. The van der Waals surface area contributed by atoms with E-state index in [2.05, 4.69) is 10.3 Å². The van der Waals surface area contributed by atoms with E-state index >= 15 is 0 Å². The molecule has 0 spiro atoms. The molecule has 1 N–H and O–H groups in total. The van der Waals surface area contributed by atoms with E-state index in [1.54, 1.807) is 18.3 Å². The third-order valence-corrected chi connectivity index (χ3v) is 3.92. The Morgan fingerprint density at radius 3 is 2.71 bits per heavy atom. The first-order valence-electron chi connectivity index (χ1n) is 6.20. The topological polar surface area (TPSA) is 68.1 Å². The Balaban J connectivity index is 1.99. The van der Waals surface area contributed by atoms with Gasteiger partial charge in [-0.25, -0.2) is 0 Å². The lowest BCUT2D eigenvalue weighted by molar-refractivity contribution is -0.385. The summed E-state index contributed by atoms with van der Waals surface area (Å²) in [5, 5.41) is 15.1. The highest BCUT2D eigenvalue weighted by atomic mass is 127. The molecule has 0 saturated carbocycles. The van der Waals surface area contributed by atoms with Crippen LogP contribution in [0, 0.1) is 13.7 Å². The normalized spacial score (nSPS) is 10.5. The van der Waals surface area contributed by atoms with Crippen molar-refractivity contribution in [2.45, 2.75) is 0 Å². The van der Waals surface area contributed by atoms with Crippen molar-refractivity contribution < 1.29 is 4.92 Å². The molecule has 0 bridgehead atoms. The summed E-state index contributed by atoms with van der Waals surface area (Å²) in [5.41, 5.74) is 2.64. The van der Waals surface area contributed by atoms with Gasteiger partial charge in [-0.2, -0.15) is 0 Å². The molecular formula is C15H10IN3O2. The fourth-order valence-electron chi connectivity index (χ4n) is 2.09. The summed E-state index contributed by atoms with van der Waals surface area (Å²) in [4.78, 5) is 14.8. The zero-order valence-corrected chi connectivity index (χ0v) is 12.9. The van der Waals surface area contributed by atoms with E-state index in [4.69, 9.17) is 0 Å². The van der Waals surface area contributed by atoms with E-state index in [0.717, 1.165) is 22.3 Å². The Labute approximate surface area is 134 Å². The quantitative estimate of drug-likeness (QED) is 0.406. The number of nitrogens with zero attached hydrogens (tertiary/aromatic N) is 2. The van der Waals surface area contributed by atoms with Gasteiger partial charge in [-0.05, 0) is 46.9 Å². The van der Waals surface area contributed by atoms with Crippen LogP contribution in [0.15, 0.2) is 54.7 Å². The predicted octanol–water partition coefficient (Wildman–Crippen LogP) is 4.49. The van der Waals surface area contributed by atoms with Gasteiger partial charge in [-0.15, -0.1) is 0 Å². The van der Waals surface area contributed by atoms with Crippen LogP contribution in [-0.2, 0) is 0 Å². The maximum absolute atomic E-state index is 10.8. The van der Waals surface area contributed by atoms with Gasteiger partial charge in [0.25, 0.3) is 5.69 Å². The maximum Gasteiger partial charge on any atom is 0.282 e. The van der Waals surface area contributed by atoms with Crippen molar-refractivity contribution >= 4 is 50.6 Å². The number of hydrogen-bond acceptors (Lipinski definition) is 4. The molecule has 0 radical (unpaired) electrons. The van der Waals surface area contributed by atoms with Gasteiger partial charge >= 0.3 is 0 Å². The zero-order valence-electron chi connectivity index (χ0n) is 10.8. The molecule has 6 heteroatoms. The van der Waals surface area contributed by atoms with Gasteiger partial charge in [0.15, 0.2) is 0 Å². The standard InChI is InChI=1S/C15H10IN3O2/c16-12-9-11(6-7-14(12)19(20)21)18-13-5-1-3-10-4-2-8-17-15(10)13/h1-9,18H. The Hall–Kier alpha value is -2.22. The number of fused-ring (bicyclic) bond motifs is 1. The second-order valence-electron chi connectivity index (χ2n) is 4.43. The van der Waals surface area contributed by atoms with Crippen LogP contribution in [0.5, 0.6) is 0 Å². The molecule has 5 nitrogen and oxygen atoms in total. The lowest BCUT2D eigenvalue weighted by Crippen LogP contribution is -1.96. The SMILES string of the molecule is O=[N+]([O-])c1ccc(Nc2cccc3cccnc23)cc1I. The molecule has 0 atom stereocenters. The number of halogens is 1. The lowest BCUT2D eigenvalue weighted by atomic mass is 10.2. The van der Waals surface area contributed by atoms with Crippen LogP contribution >= 0.6 is 22.6 Å². The molecule has 1 aromatic heterocycles. The number of rotatable bonds is 3. The largest absolute Gasteiger partial charge is 0.354 e. The lowest BCUT2D eigenvalue weighted by Gasteiger charge is -2.09. The van der Waals surface area contributed by atoms with Crippen LogP contribution in [0.4, 0.5) is 17.1 Å². The first-order valence-corrected chi connectivity index (χ1v) is 7.28. The smallest absolute Gasteiger partial charge is 0.282 e. The molecule has 0 fully saturated rings. The van der Waals surface area contributed by atoms with Gasteiger partial charge in [-0.1, -0.05) is 18.2 Å². The monoisotopic (exact) mass is 391 g/mol. The van der Waals surface area contributed by atoms with Crippen LogP contribution in [-0.4, -0.2) is 9.91 Å². The minimum absolute atomic E-state index is 0.109. The molecular weight excluding hydrogens is 381 g/mol. The van der Waals surface area contributed by atoms with Crippen molar-refractivity contribution in [3.8, 4) is 0 Å². The molecule has 1 heterocycles. The third kappa shape index (κ3) is 2.80. The molecule has 0 amide bonds. The second-order valence-corrected chi connectivity index (χ2v) is 5.59. The number of pyridine rings is 1. The van der Waals surface area contributed by atoms with E-state index in [0.29, 0.717) is 3.57 Å². The summed E-state index contributed by atoms with van der Waals surface area (Å²) in [6.07, 6.45) is 1.74. The molecule has 0 aliphatic heterocycles. The minimum atomic E-state index is -0.384. The highest BCUT2D eigenvalue weighted by Crippen LogP contribution is 2.28. The average Bonchev–Trinajstić information content (AvgIpc) is 2.47. The minimum Gasteiger partial charge on any atom is -0.354 e. The molecule has 0 aliphatic carbocycles. The second kappa shape index (κ2) is 5.65. The molecule has 104 valence electrons. The number of nitro benzene ring substituents is 1. The number of benzene rings is 2. The number of para-hydroxylation sites is 1. The predicted molar refractivity (Wildman–Crippen MR) is 90.8 cm³/mol. The van der Waals surface area contributed by atoms with Gasteiger partial charge < -0.3 is 5.32 Å².